The first-order chi connectivity index (χ1) is 14.1. The molecule has 7 nitrogen and oxygen atoms in total. The minimum absolute atomic E-state index is 0.229. The summed E-state index contributed by atoms with van der Waals surface area (Å²) < 4.78 is 2.52. The smallest absolute Gasteiger partial charge is 0.252 e. The second-order valence-electron chi connectivity index (χ2n) is 6.95. The first-order valence-electron chi connectivity index (χ1n) is 9.48. The third kappa shape index (κ3) is 4.43. The van der Waals surface area contributed by atoms with E-state index >= 15 is 0 Å². The van der Waals surface area contributed by atoms with E-state index in [4.69, 9.17) is 12.2 Å². The van der Waals surface area contributed by atoms with E-state index < -0.39 is 6.04 Å². The Morgan fingerprint density at radius 3 is 2.41 bits per heavy atom. The molecule has 0 saturated heterocycles. The van der Waals surface area contributed by atoms with Crippen molar-refractivity contribution in [2.45, 2.75) is 31.5 Å². The van der Waals surface area contributed by atoms with Crippen LogP contribution >= 0.6 is 12.2 Å². The van der Waals surface area contributed by atoms with Crippen LogP contribution in [-0.2, 0) is 11.3 Å². The molecule has 1 saturated carbocycles. The molecule has 2 aromatic carbocycles. The molecule has 2 amide bonds. The van der Waals surface area contributed by atoms with E-state index in [0.717, 1.165) is 12.8 Å². The van der Waals surface area contributed by atoms with Crippen LogP contribution in [0.3, 0.4) is 0 Å². The van der Waals surface area contributed by atoms with Crippen LogP contribution in [0.4, 0.5) is 0 Å². The number of H-pyrrole nitrogens is 1. The van der Waals surface area contributed by atoms with E-state index in [1.807, 2.05) is 41.0 Å². The zero-order valence-corrected chi connectivity index (χ0v) is 16.5. The third-order valence-electron chi connectivity index (χ3n) is 4.82. The Kier molecular flexibility index (Phi) is 5.53. The molecule has 1 unspecified atom stereocenters. The van der Waals surface area contributed by atoms with E-state index in [9.17, 15) is 9.59 Å². The van der Waals surface area contributed by atoms with Gasteiger partial charge in [-0.15, -0.1) is 0 Å². The molecule has 0 radical (unpaired) electrons. The molecule has 3 aromatic rings. The van der Waals surface area contributed by atoms with Crippen LogP contribution in [0, 0.1) is 4.77 Å². The van der Waals surface area contributed by atoms with E-state index in [0.29, 0.717) is 27.8 Å². The summed E-state index contributed by atoms with van der Waals surface area (Å²) in [5.74, 6) is 0.0686. The predicted molar refractivity (Wildman–Crippen MR) is 111 cm³/mol. The predicted octanol–water partition coefficient (Wildman–Crippen LogP) is 3.06. The summed E-state index contributed by atoms with van der Waals surface area (Å²) in [6.07, 6.45) is 2.13. The maximum absolute atomic E-state index is 13.0. The highest BCUT2D eigenvalue weighted by Gasteiger charge is 2.28. The molecular weight excluding hydrogens is 386 g/mol. The summed E-state index contributed by atoms with van der Waals surface area (Å²) in [6, 6.07) is 17.5. The second kappa shape index (κ2) is 8.40. The highest BCUT2D eigenvalue weighted by molar-refractivity contribution is 7.71. The molecule has 1 fully saturated rings. The maximum atomic E-state index is 13.0. The van der Waals surface area contributed by atoms with Crippen molar-refractivity contribution in [2.75, 3.05) is 0 Å². The molecule has 1 heterocycles. The molecule has 29 heavy (non-hydrogen) atoms. The van der Waals surface area contributed by atoms with Gasteiger partial charge in [0.2, 0.25) is 5.91 Å². The summed E-state index contributed by atoms with van der Waals surface area (Å²) in [6.45, 7) is 0.229. The SMILES string of the molecule is O=C(NC(C(=O)NCc1n[nH]c(=S)n1C1CC1)c1ccccc1)c1ccccc1. The number of benzene rings is 2. The van der Waals surface area contributed by atoms with E-state index in [-0.39, 0.29) is 18.4 Å². The number of rotatable bonds is 7. The van der Waals surface area contributed by atoms with Gasteiger partial charge in [0.15, 0.2) is 10.6 Å². The van der Waals surface area contributed by atoms with Gasteiger partial charge >= 0.3 is 0 Å². The van der Waals surface area contributed by atoms with Gasteiger partial charge in [-0.2, -0.15) is 5.10 Å². The Balaban J connectivity index is 1.51. The van der Waals surface area contributed by atoms with Gasteiger partial charge in [0.25, 0.3) is 5.91 Å². The lowest BCUT2D eigenvalue weighted by atomic mass is 10.1. The molecule has 3 N–H and O–H groups in total. The van der Waals surface area contributed by atoms with Crippen molar-refractivity contribution in [3.63, 3.8) is 0 Å². The number of nitrogens with zero attached hydrogens (tertiary/aromatic N) is 2. The number of aromatic nitrogens is 3. The minimum Gasteiger partial charge on any atom is -0.347 e. The Morgan fingerprint density at radius 1 is 1.10 bits per heavy atom. The first-order valence-corrected chi connectivity index (χ1v) is 9.88. The number of aromatic amines is 1. The van der Waals surface area contributed by atoms with Gasteiger partial charge in [-0.05, 0) is 42.8 Å². The molecule has 0 aliphatic heterocycles. The van der Waals surface area contributed by atoms with Gasteiger partial charge in [0, 0.05) is 11.6 Å². The van der Waals surface area contributed by atoms with Crippen molar-refractivity contribution < 1.29 is 9.59 Å². The molecular formula is C21H21N5O2S. The number of nitrogens with one attached hydrogen (secondary N) is 3. The van der Waals surface area contributed by atoms with Crippen LogP contribution in [0.1, 0.15) is 46.7 Å². The average molecular weight is 407 g/mol. The summed E-state index contributed by atoms with van der Waals surface area (Å²) >= 11 is 5.28. The standard InChI is InChI=1S/C21H21N5O2S/c27-19(15-9-5-2-6-10-15)23-18(14-7-3-1-4-8-14)20(28)22-13-17-24-25-21(29)26(17)16-11-12-16/h1-10,16,18H,11-13H2,(H,22,28)(H,23,27)(H,25,29). The molecule has 1 aliphatic carbocycles. The summed E-state index contributed by atoms with van der Waals surface area (Å²) in [4.78, 5) is 25.6. The van der Waals surface area contributed by atoms with Crippen LogP contribution in [0.5, 0.6) is 0 Å². The quantitative estimate of drug-likeness (QED) is 0.525. The van der Waals surface area contributed by atoms with Crippen LogP contribution < -0.4 is 10.6 Å². The monoisotopic (exact) mass is 407 g/mol. The summed E-state index contributed by atoms with van der Waals surface area (Å²) in [7, 11) is 0. The van der Waals surface area contributed by atoms with Crippen LogP contribution in [0.25, 0.3) is 0 Å². The zero-order chi connectivity index (χ0) is 20.2. The fourth-order valence-corrected chi connectivity index (χ4v) is 3.49. The lowest BCUT2D eigenvalue weighted by Gasteiger charge is -2.19. The normalized spacial score (nSPS) is 14.2. The van der Waals surface area contributed by atoms with E-state index in [1.54, 1.807) is 24.3 Å². The van der Waals surface area contributed by atoms with Crippen LogP contribution in [0.15, 0.2) is 60.7 Å². The number of amides is 2. The van der Waals surface area contributed by atoms with Crippen molar-refractivity contribution in [1.82, 2.24) is 25.4 Å². The van der Waals surface area contributed by atoms with Gasteiger partial charge < -0.3 is 10.6 Å². The molecule has 1 aromatic heterocycles. The Morgan fingerprint density at radius 2 is 1.76 bits per heavy atom. The van der Waals surface area contributed by atoms with Crippen molar-refractivity contribution in [2.24, 2.45) is 0 Å². The summed E-state index contributed by atoms with van der Waals surface area (Å²) in [5.41, 5.74) is 1.20. The average Bonchev–Trinajstić information content (AvgIpc) is 3.53. The number of hydrogen-bond donors (Lipinski definition) is 3. The Bertz CT molecular complexity index is 1060. The van der Waals surface area contributed by atoms with Crippen molar-refractivity contribution in [3.8, 4) is 0 Å². The molecule has 148 valence electrons. The minimum atomic E-state index is -0.819. The lowest BCUT2D eigenvalue weighted by molar-refractivity contribution is -0.123. The van der Waals surface area contributed by atoms with E-state index in [1.165, 1.54) is 0 Å². The maximum Gasteiger partial charge on any atom is 0.252 e. The molecule has 0 spiro atoms. The Labute approximate surface area is 173 Å². The molecule has 1 atom stereocenters. The highest BCUT2D eigenvalue weighted by Crippen LogP contribution is 2.35. The van der Waals surface area contributed by atoms with Gasteiger partial charge in [-0.1, -0.05) is 48.5 Å². The number of carbonyl (C=O) groups excluding carboxylic acids is 2. The molecule has 8 heteroatoms. The number of carbonyl (C=O) groups is 2. The highest BCUT2D eigenvalue weighted by atomic mass is 32.1. The largest absolute Gasteiger partial charge is 0.347 e. The van der Waals surface area contributed by atoms with Crippen molar-refractivity contribution in [1.29, 1.82) is 0 Å². The second-order valence-corrected chi connectivity index (χ2v) is 7.33. The first kappa shape index (κ1) is 19.1. The van der Waals surface area contributed by atoms with Gasteiger partial charge in [-0.25, -0.2) is 0 Å². The number of hydrogen-bond acceptors (Lipinski definition) is 4. The van der Waals surface area contributed by atoms with Gasteiger partial charge in [-0.3, -0.25) is 19.3 Å². The van der Waals surface area contributed by atoms with Crippen molar-refractivity contribution >= 4 is 24.0 Å². The van der Waals surface area contributed by atoms with Crippen LogP contribution in [-0.4, -0.2) is 26.6 Å². The Hall–Kier alpha value is -3.26. The fourth-order valence-electron chi connectivity index (χ4n) is 3.19. The topological polar surface area (TPSA) is 91.8 Å². The van der Waals surface area contributed by atoms with Gasteiger partial charge in [0.05, 0.1) is 6.54 Å². The molecule has 4 rings (SSSR count). The third-order valence-corrected chi connectivity index (χ3v) is 5.10. The molecule has 0 bridgehead atoms. The van der Waals surface area contributed by atoms with Crippen LogP contribution in [0.2, 0.25) is 0 Å². The zero-order valence-electron chi connectivity index (χ0n) is 15.7. The fraction of sp³-hybridized carbons (Fsp3) is 0.238. The van der Waals surface area contributed by atoms with E-state index in [2.05, 4.69) is 20.8 Å². The van der Waals surface area contributed by atoms with Gasteiger partial charge in [0.1, 0.15) is 6.04 Å². The van der Waals surface area contributed by atoms with Crippen molar-refractivity contribution in [3.05, 3.63) is 82.4 Å². The lowest BCUT2D eigenvalue weighted by Crippen LogP contribution is -2.40. The molecule has 1 aliphatic rings. The summed E-state index contributed by atoms with van der Waals surface area (Å²) in [5, 5.41) is 12.7.